The van der Waals surface area contributed by atoms with Crippen LogP contribution < -0.4 is 0 Å². The molecule has 0 aliphatic heterocycles. The average Bonchev–Trinajstić information content (AvgIpc) is 2.72. The van der Waals surface area contributed by atoms with Gasteiger partial charge in [0.2, 0.25) is 0 Å². The summed E-state index contributed by atoms with van der Waals surface area (Å²) in [6.45, 7) is 0. The molecule has 0 saturated heterocycles. The smallest absolute Gasteiger partial charge is 0.460 e. The van der Waals surface area contributed by atoms with Crippen LogP contribution in [0.5, 0.6) is 0 Å². The van der Waals surface area contributed by atoms with Gasteiger partial charge in [-0.1, -0.05) is 12.2 Å². The van der Waals surface area contributed by atoms with Gasteiger partial charge in [-0.15, -0.1) is 0 Å². The van der Waals surface area contributed by atoms with Gasteiger partial charge in [0.05, 0.1) is 0 Å². The number of hydrogen-bond donors (Lipinski definition) is 1. The van der Waals surface area contributed by atoms with Crippen LogP contribution >= 0.6 is 22.6 Å². The van der Waals surface area contributed by atoms with Crippen LogP contribution in [-0.2, 0) is 4.79 Å². The van der Waals surface area contributed by atoms with Gasteiger partial charge >= 0.3 is 47.7 Å². The van der Waals surface area contributed by atoms with E-state index in [1.54, 1.807) is 0 Å². The Hall–Kier alpha value is -1.77. The minimum absolute atomic E-state index is 0.0798. The van der Waals surface area contributed by atoms with Crippen LogP contribution in [0.25, 0.3) is 0 Å². The zero-order chi connectivity index (χ0) is 32.0. The van der Waals surface area contributed by atoms with E-state index >= 15 is 0 Å². The zero-order valence-corrected chi connectivity index (χ0v) is 21.0. The van der Waals surface area contributed by atoms with Gasteiger partial charge in [0.15, 0.2) is 0 Å². The van der Waals surface area contributed by atoms with E-state index in [1.165, 1.54) is 22.6 Å². The SMILES string of the molecule is O=C(O)C1C(CCCC=CCC(F)(F)C(F)(F)C(F)(F)C(F)(F)C(F)(F)C(F)(F)C(F)(F)F)=CC(I)=CC1(F)F. The summed E-state index contributed by atoms with van der Waals surface area (Å²) in [5.41, 5.74) is -0.354. The predicted molar refractivity (Wildman–Crippen MR) is 110 cm³/mol. The molecule has 1 aliphatic carbocycles. The van der Waals surface area contributed by atoms with Crippen LogP contribution in [0.15, 0.2) is 33.5 Å². The van der Waals surface area contributed by atoms with Gasteiger partial charge in [-0.2, -0.15) is 65.9 Å². The van der Waals surface area contributed by atoms with Crippen molar-refractivity contribution < 1.29 is 84.5 Å². The fourth-order valence-corrected chi connectivity index (χ4v) is 4.07. The number of carboxylic acids is 1. The molecular formula is C20H14F17IO2. The van der Waals surface area contributed by atoms with Gasteiger partial charge in [0.25, 0.3) is 5.92 Å². The fraction of sp³-hybridized carbons (Fsp3) is 0.650. The van der Waals surface area contributed by atoms with Crippen molar-refractivity contribution in [3.8, 4) is 0 Å². The van der Waals surface area contributed by atoms with E-state index < -0.39 is 78.8 Å². The molecule has 0 fully saturated rings. The highest BCUT2D eigenvalue weighted by Gasteiger charge is 2.93. The molecule has 0 amide bonds. The van der Waals surface area contributed by atoms with Crippen molar-refractivity contribution >= 4 is 28.6 Å². The number of carbonyl (C=O) groups is 1. The second-order valence-corrected chi connectivity index (χ2v) is 9.58. The monoisotopic (exact) mass is 736 g/mol. The van der Waals surface area contributed by atoms with Crippen LogP contribution in [-0.4, -0.2) is 58.7 Å². The molecule has 1 aliphatic rings. The molecule has 20 heteroatoms. The molecule has 0 aromatic rings. The number of carboxylic acid groups (broad SMARTS) is 1. The molecule has 0 heterocycles. The summed E-state index contributed by atoms with van der Waals surface area (Å²) in [6.07, 6.45) is -9.87. The average molecular weight is 736 g/mol. The van der Waals surface area contributed by atoms with Crippen LogP contribution in [0.2, 0.25) is 0 Å². The molecule has 1 atom stereocenters. The summed E-state index contributed by atoms with van der Waals surface area (Å²) in [4.78, 5) is 11.2. The molecule has 1 N–H and O–H groups in total. The normalized spacial score (nSPS) is 20.0. The van der Waals surface area contributed by atoms with Gasteiger partial charge in [0, 0.05) is 10.0 Å². The maximum atomic E-state index is 13.9. The Bertz CT molecular complexity index is 1040. The first-order valence-electron chi connectivity index (χ1n) is 10.2. The summed E-state index contributed by atoms with van der Waals surface area (Å²) in [7, 11) is 0. The maximum absolute atomic E-state index is 13.9. The number of allylic oxidation sites excluding steroid dienone is 5. The highest BCUT2D eigenvalue weighted by Crippen LogP contribution is 2.62. The van der Waals surface area contributed by atoms with Gasteiger partial charge < -0.3 is 5.11 Å². The number of hydrogen-bond acceptors (Lipinski definition) is 1. The van der Waals surface area contributed by atoms with E-state index in [2.05, 4.69) is 0 Å². The molecule has 0 spiro atoms. The van der Waals surface area contributed by atoms with E-state index in [9.17, 15) is 79.4 Å². The highest BCUT2D eigenvalue weighted by atomic mass is 127. The number of halogens is 18. The van der Waals surface area contributed by atoms with Crippen molar-refractivity contribution in [3.63, 3.8) is 0 Å². The largest absolute Gasteiger partial charge is 0.481 e. The lowest BCUT2D eigenvalue weighted by Gasteiger charge is -2.41. The maximum Gasteiger partial charge on any atom is 0.460 e. The van der Waals surface area contributed by atoms with Gasteiger partial charge in [-0.25, -0.2) is 8.78 Å². The first kappa shape index (κ1) is 36.3. The highest BCUT2D eigenvalue weighted by molar-refractivity contribution is 14.1. The van der Waals surface area contributed by atoms with Gasteiger partial charge in [0.1, 0.15) is 5.92 Å². The minimum Gasteiger partial charge on any atom is -0.481 e. The molecule has 1 unspecified atom stereocenters. The zero-order valence-electron chi connectivity index (χ0n) is 18.9. The van der Waals surface area contributed by atoms with E-state index in [0.717, 1.165) is 6.08 Å². The molecule has 0 bridgehead atoms. The summed E-state index contributed by atoms with van der Waals surface area (Å²) >= 11 is 1.43. The van der Waals surface area contributed by atoms with Crippen molar-refractivity contribution in [3.05, 3.63) is 33.5 Å². The summed E-state index contributed by atoms with van der Waals surface area (Å²) in [6, 6.07) is 0. The minimum atomic E-state index is -8.36. The fourth-order valence-electron chi connectivity index (χ4n) is 3.26. The molecule has 1 rings (SSSR count). The van der Waals surface area contributed by atoms with Crippen molar-refractivity contribution in [2.45, 2.75) is 73.3 Å². The van der Waals surface area contributed by atoms with Crippen LogP contribution in [0.4, 0.5) is 74.6 Å². The van der Waals surface area contributed by atoms with Crippen molar-refractivity contribution in [1.29, 1.82) is 0 Å². The van der Waals surface area contributed by atoms with E-state index in [-0.39, 0.29) is 21.6 Å². The predicted octanol–water partition coefficient (Wildman–Crippen LogP) is 9.07. The number of rotatable bonds is 12. The summed E-state index contributed by atoms with van der Waals surface area (Å²) < 4.78 is 225. The Morgan fingerprint density at radius 2 is 1.25 bits per heavy atom. The van der Waals surface area contributed by atoms with E-state index in [4.69, 9.17) is 5.11 Å². The van der Waals surface area contributed by atoms with Crippen LogP contribution in [0.3, 0.4) is 0 Å². The lowest BCUT2D eigenvalue weighted by Crippen LogP contribution is -2.72. The quantitative estimate of drug-likeness (QED) is 0.0941. The van der Waals surface area contributed by atoms with Crippen molar-refractivity contribution in [1.82, 2.24) is 0 Å². The molecule has 40 heavy (non-hydrogen) atoms. The number of unbranched alkanes of at least 4 members (excludes halogenated alkanes) is 1. The molecule has 0 aromatic carbocycles. The summed E-state index contributed by atoms with van der Waals surface area (Å²) in [5.74, 6) is -55.0. The standard InChI is InChI=1S/C20H14F17IO2/c21-13(22)8-10(38)7-9(11(13)12(39)40)5-3-1-2-4-6-14(23,24)15(25,26)16(27,28)17(29,30)18(31,32)19(33,34)20(35,36)37/h2,4,7-8,11H,1,3,5-6H2,(H,39,40). The second kappa shape index (κ2) is 11.1. The van der Waals surface area contributed by atoms with Crippen molar-refractivity contribution in [2.75, 3.05) is 0 Å². The third kappa shape index (κ3) is 6.19. The van der Waals surface area contributed by atoms with Crippen LogP contribution in [0, 0.1) is 5.92 Å². The molecular weight excluding hydrogens is 722 g/mol. The summed E-state index contributed by atoms with van der Waals surface area (Å²) in [5, 5.41) is 9.01. The van der Waals surface area contributed by atoms with Crippen molar-refractivity contribution in [2.24, 2.45) is 5.92 Å². The molecule has 0 saturated carbocycles. The Labute approximate surface area is 226 Å². The molecule has 232 valence electrons. The molecule has 0 aromatic heterocycles. The first-order chi connectivity index (χ1) is 17.5. The number of alkyl halides is 17. The lowest BCUT2D eigenvalue weighted by molar-refractivity contribution is -0.452. The third-order valence-corrected chi connectivity index (χ3v) is 6.05. The Morgan fingerprint density at radius 3 is 1.70 bits per heavy atom. The Kier molecular flexibility index (Phi) is 10.1. The number of aliphatic carboxylic acids is 1. The van der Waals surface area contributed by atoms with E-state index in [0.29, 0.717) is 12.2 Å². The molecule has 2 nitrogen and oxygen atoms in total. The lowest BCUT2D eigenvalue weighted by atomic mass is 9.85. The Balaban J connectivity index is 3.05. The van der Waals surface area contributed by atoms with E-state index in [1.807, 2.05) is 0 Å². The first-order valence-corrected chi connectivity index (χ1v) is 11.3. The third-order valence-electron chi connectivity index (χ3n) is 5.43. The van der Waals surface area contributed by atoms with Gasteiger partial charge in [-0.3, -0.25) is 4.79 Å². The van der Waals surface area contributed by atoms with Crippen LogP contribution in [0.1, 0.15) is 25.7 Å². The van der Waals surface area contributed by atoms with Gasteiger partial charge in [-0.05, 0) is 59.6 Å². The topological polar surface area (TPSA) is 37.3 Å². The Morgan fingerprint density at radius 1 is 0.800 bits per heavy atom. The second-order valence-electron chi connectivity index (χ2n) is 8.34. The molecule has 0 radical (unpaired) electrons.